The number of hydrogen-bond acceptors (Lipinski definition) is 2. The maximum atomic E-state index is 13.7. The van der Waals surface area contributed by atoms with Gasteiger partial charge in [-0.1, -0.05) is 12.1 Å². The van der Waals surface area contributed by atoms with Gasteiger partial charge in [-0.2, -0.15) is 13.2 Å². The van der Waals surface area contributed by atoms with Gasteiger partial charge in [0.2, 0.25) is 5.91 Å². The number of alkyl halides is 3. The summed E-state index contributed by atoms with van der Waals surface area (Å²) in [5, 5.41) is 2.95. The summed E-state index contributed by atoms with van der Waals surface area (Å²) in [7, 11) is 0. The molecule has 1 atom stereocenters. The van der Waals surface area contributed by atoms with Crippen molar-refractivity contribution in [2.75, 3.05) is 19.6 Å². The fraction of sp³-hybridized carbons (Fsp3) is 0.588. The summed E-state index contributed by atoms with van der Waals surface area (Å²) < 4.78 is 50.9. The van der Waals surface area contributed by atoms with Gasteiger partial charge >= 0.3 is 6.18 Å². The molecular formula is C17H20F4N2O. The number of likely N-dealkylation sites (tertiary alicyclic amines) is 1. The minimum absolute atomic E-state index is 0.135. The molecule has 3 nitrogen and oxygen atoms in total. The van der Waals surface area contributed by atoms with Crippen LogP contribution < -0.4 is 5.32 Å². The highest BCUT2D eigenvalue weighted by Gasteiger charge is 2.35. The third-order valence-corrected chi connectivity index (χ3v) is 4.89. The third kappa shape index (κ3) is 3.88. The molecule has 24 heavy (non-hydrogen) atoms. The molecule has 1 aromatic rings. The normalized spacial score (nSPS) is 22.4. The number of carbonyl (C=O) groups is 1. The Morgan fingerprint density at radius 2 is 1.92 bits per heavy atom. The summed E-state index contributed by atoms with van der Waals surface area (Å²) in [6.07, 6.45) is -2.10. The molecule has 1 aliphatic carbocycles. The number of nitrogens with zero attached hydrogens (tertiary/aromatic N) is 1. The van der Waals surface area contributed by atoms with Gasteiger partial charge in [-0.15, -0.1) is 0 Å². The fourth-order valence-electron chi connectivity index (χ4n) is 3.66. The average Bonchev–Trinajstić information content (AvgIpc) is 2.91. The SMILES string of the molecule is O=C(NC1CCc2c(F)cccc21)C1CCN(CC(F)(F)F)CC1. The summed E-state index contributed by atoms with van der Waals surface area (Å²) >= 11 is 0. The molecule has 0 saturated carbocycles. The Labute approximate surface area is 138 Å². The molecule has 1 N–H and O–H groups in total. The molecule has 1 unspecified atom stereocenters. The van der Waals surface area contributed by atoms with Crippen LogP contribution in [0.1, 0.15) is 36.4 Å². The van der Waals surface area contributed by atoms with Crippen LogP contribution in [-0.2, 0) is 11.2 Å². The lowest BCUT2D eigenvalue weighted by atomic mass is 9.95. The zero-order valence-electron chi connectivity index (χ0n) is 13.2. The Morgan fingerprint density at radius 3 is 2.58 bits per heavy atom. The monoisotopic (exact) mass is 344 g/mol. The number of benzene rings is 1. The first-order valence-electron chi connectivity index (χ1n) is 8.20. The molecule has 7 heteroatoms. The Morgan fingerprint density at radius 1 is 1.21 bits per heavy atom. The van der Waals surface area contributed by atoms with Crippen molar-refractivity contribution in [3.63, 3.8) is 0 Å². The van der Waals surface area contributed by atoms with E-state index >= 15 is 0 Å². The third-order valence-electron chi connectivity index (χ3n) is 4.89. The van der Waals surface area contributed by atoms with E-state index < -0.39 is 12.7 Å². The molecule has 2 aliphatic rings. The molecule has 1 heterocycles. The summed E-state index contributed by atoms with van der Waals surface area (Å²) in [6, 6.07) is 4.67. The van der Waals surface area contributed by atoms with E-state index in [1.807, 2.05) is 6.07 Å². The maximum absolute atomic E-state index is 13.7. The minimum atomic E-state index is -4.20. The maximum Gasteiger partial charge on any atom is 0.401 e. The minimum Gasteiger partial charge on any atom is -0.349 e. The molecule has 1 amide bonds. The first-order chi connectivity index (χ1) is 11.3. The first kappa shape index (κ1) is 17.2. The van der Waals surface area contributed by atoms with Gasteiger partial charge in [-0.05, 0) is 56.0 Å². The van der Waals surface area contributed by atoms with Gasteiger partial charge < -0.3 is 5.32 Å². The molecule has 3 rings (SSSR count). The van der Waals surface area contributed by atoms with Crippen LogP contribution in [0.2, 0.25) is 0 Å². The predicted octanol–water partition coefficient (Wildman–Crippen LogP) is 3.20. The molecule has 1 fully saturated rings. The van der Waals surface area contributed by atoms with Crippen molar-refractivity contribution < 1.29 is 22.4 Å². The summed E-state index contributed by atoms with van der Waals surface area (Å²) in [6.45, 7) is -0.377. The van der Waals surface area contributed by atoms with Crippen molar-refractivity contribution in [1.82, 2.24) is 10.2 Å². The van der Waals surface area contributed by atoms with E-state index in [2.05, 4.69) is 5.32 Å². The van der Waals surface area contributed by atoms with Crippen LogP contribution in [0.3, 0.4) is 0 Å². The molecule has 1 aliphatic heterocycles. The van der Waals surface area contributed by atoms with E-state index in [9.17, 15) is 22.4 Å². The molecule has 1 aromatic carbocycles. The van der Waals surface area contributed by atoms with Crippen molar-refractivity contribution in [3.05, 3.63) is 35.1 Å². The van der Waals surface area contributed by atoms with E-state index in [0.717, 1.165) is 5.56 Å². The van der Waals surface area contributed by atoms with Gasteiger partial charge in [0.25, 0.3) is 0 Å². The van der Waals surface area contributed by atoms with Crippen molar-refractivity contribution in [1.29, 1.82) is 0 Å². The van der Waals surface area contributed by atoms with Crippen LogP contribution in [0.4, 0.5) is 17.6 Å². The van der Waals surface area contributed by atoms with Crippen molar-refractivity contribution in [2.45, 2.75) is 37.9 Å². The van der Waals surface area contributed by atoms with E-state index in [0.29, 0.717) is 31.2 Å². The quantitative estimate of drug-likeness (QED) is 0.854. The van der Waals surface area contributed by atoms with Crippen molar-refractivity contribution in [3.8, 4) is 0 Å². The Bertz CT molecular complexity index is 609. The van der Waals surface area contributed by atoms with Crippen LogP contribution >= 0.6 is 0 Å². The molecule has 0 bridgehead atoms. The number of hydrogen-bond donors (Lipinski definition) is 1. The summed E-state index contributed by atoms with van der Waals surface area (Å²) in [5.41, 5.74) is 1.47. The fourth-order valence-corrected chi connectivity index (χ4v) is 3.66. The van der Waals surface area contributed by atoms with Crippen LogP contribution in [0.5, 0.6) is 0 Å². The topological polar surface area (TPSA) is 32.3 Å². The zero-order valence-corrected chi connectivity index (χ0v) is 13.2. The standard InChI is InChI=1S/C17H20F4N2O/c18-14-3-1-2-13-12(14)4-5-15(13)22-16(24)11-6-8-23(9-7-11)10-17(19,20)21/h1-3,11,15H,4-10H2,(H,22,24). The number of carbonyl (C=O) groups excluding carboxylic acids is 1. The lowest BCUT2D eigenvalue weighted by Gasteiger charge is -2.32. The second-order valence-corrected chi connectivity index (χ2v) is 6.57. The highest BCUT2D eigenvalue weighted by atomic mass is 19.4. The van der Waals surface area contributed by atoms with Gasteiger partial charge in [0.1, 0.15) is 5.82 Å². The molecular weight excluding hydrogens is 324 g/mol. The molecule has 1 saturated heterocycles. The van der Waals surface area contributed by atoms with E-state index in [1.54, 1.807) is 6.07 Å². The second kappa shape index (κ2) is 6.70. The Balaban J connectivity index is 1.54. The van der Waals surface area contributed by atoms with Crippen LogP contribution in [0, 0.1) is 11.7 Å². The zero-order chi connectivity index (χ0) is 17.3. The number of rotatable bonds is 3. The van der Waals surface area contributed by atoms with E-state index in [4.69, 9.17) is 0 Å². The van der Waals surface area contributed by atoms with Crippen molar-refractivity contribution >= 4 is 5.91 Å². The first-order valence-corrected chi connectivity index (χ1v) is 8.20. The van der Waals surface area contributed by atoms with Crippen LogP contribution in [-0.4, -0.2) is 36.6 Å². The second-order valence-electron chi connectivity index (χ2n) is 6.57. The van der Waals surface area contributed by atoms with Gasteiger partial charge in [0.15, 0.2) is 0 Å². The number of fused-ring (bicyclic) bond motifs is 1. The largest absolute Gasteiger partial charge is 0.401 e. The summed E-state index contributed by atoms with van der Waals surface area (Å²) in [4.78, 5) is 13.7. The summed E-state index contributed by atoms with van der Waals surface area (Å²) in [5.74, 6) is -0.652. The van der Waals surface area contributed by atoms with Crippen LogP contribution in [0.15, 0.2) is 18.2 Å². The number of amides is 1. The van der Waals surface area contributed by atoms with Crippen molar-refractivity contribution in [2.24, 2.45) is 5.92 Å². The van der Waals surface area contributed by atoms with Gasteiger partial charge in [0, 0.05) is 5.92 Å². The van der Waals surface area contributed by atoms with E-state index in [-0.39, 0.29) is 36.8 Å². The van der Waals surface area contributed by atoms with Gasteiger partial charge in [0.05, 0.1) is 12.6 Å². The highest BCUT2D eigenvalue weighted by molar-refractivity contribution is 5.79. The molecule has 0 spiro atoms. The molecule has 0 radical (unpaired) electrons. The predicted molar refractivity (Wildman–Crippen MR) is 80.8 cm³/mol. The van der Waals surface area contributed by atoms with Gasteiger partial charge in [-0.25, -0.2) is 4.39 Å². The molecule has 0 aromatic heterocycles. The number of piperidine rings is 1. The highest BCUT2D eigenvalue weighted by Crippen LogP contribution is 2.33. The lowest BCUT2D eigenvalue weighted by Crippen LogP contribution is -2.44. The lowest BCUT2D eigenvalue weighted by molar-refractivity contribution is -0.149. The Hall–Kier alpha value is -1.63. The van der Waals surface area contributed by atoms with Gasteiger partial charge in [-0.3, -0.25) is 9.69 Å². The average molecular weight is 344 g/mol. The smallest absolute Gasteiger partial charge is 0.349 e. The number of nitrogens with one attached hydrogen (secondary N) is 1. The number of halogens is 4. The Kier molecular flexibility index (Phi) is 4.80. The van der Waals surface area contributed by atoms with Crippen LogP contribution in [0.25, 0.3) is 0 Å². The molecule has 132 valence electrons. The van der Waals surface area contributed by atoms with E-state index in [1.165, 1.54) is 11.0 Å².